The van der Waals surface area contributed by atoms with E-state index in [4.69, 9.17) is 11.5 Å². The van der Waals surface area contributed by atoms with Crippen molar-refractivity contribution in [3.8, 4) is 0 Å². The SMILES string of the molecule is CNC(=O)c1c(NCC2(C)CC2)sc(C(N)=O)c1N. The molecule has 0 saturated heterocycles. The molecule has 1 aromatic rings. The average molecular weight is 282 g/mol. The lowest BCUT2D eigenvalue weighted by molar-refractivity contribution is 0.0964. The van der Waals surface area contributed by atoms with E-state index in [1.54, 1.807) is 0 Å². The Kier molecular flexibility index (Phi) is 3.40. The fourth-order valence-corrected chi connectivity index (χ4v) is 2.75. The van der Waals surface area contributed by atoms with E-state index >= 15 is 0 Å². The van der Waals surface area contributed by atoms with Crippen molar-refractivity contribution in [2.24, 2.45) is 11.1 Å². The molecule has 19 heavy (non-hydrogen) atoms. The van der Waals surface area contributed by atoms with Crippen LogP contribution in [-0.4, -0.2) is 25.4 Å². The Hall–Kier alpha value is -1.76. The second-order valence-corrected chi connectivity index (χ2v) is 6.18. The van der Waals surface area contributed by atoms with Crippen molar-refractivity contribution >= 4 is 33.8 Å². The smallest absolute Gasteiger partial charge is 0.260 e. The molecule has 1 aromatic heterocycles. The molecule has 1 fully saturated rings. The summed E-state index contributed by atoms with van der Waals surface area (Å²) in [7, 11) is 1.52. The van der Waals surface area contributed by atoms with E-state index in [0.717, 1.165) is 17.9 Å². The van der Waals surface area contributed by atoms with Crippen molar-refractivity contribution in [1.29, 1.82) is 0 Å². The molecule has 0 radical (unpaired) electrons. The minimum atomic E-state index is -0.613. The third-order valence-electron chi connectivity index (χ3n) is 3.40. The monoisotopic (exact) mass is 282 g/mol. The molecular weight excluding hydrogens is 264 g/mol. The van der Waals surface area contributed by atoms with Gasteiger partial charge < -0.3 is 22.1 Å². The first-order valence-electron chi connectivity index (χ1n) is 6.06. The van der Waals surface area contributed by atoms with Gasteiger partial charge in [0.05, 0.1) is 11.3 Å². The minimum absolute atomic E-state index is 0.153. The van der Waals surface area contributed by atoms with Gasteiger partial charge in [0.1, 0.15) is 9.88 Å². The van der Waals surface area contributed by atoms with Crippen molar-refractivity contribution in [2.45, 2.75) is 19.8 Å². The Morgan fingerprint density at radius 3 is 2.53 bits per heavy atom. The highest BCUT2D eigenvalue weighted by Crippen LogP contribution is 2.45. The standard InChI is InChI=1S/C12H18N4O2S/c1-12(3-4-12)5-16-11-6(10(18)15-2)7(13)8(19-11)9(14)17/h16H,3-5,13H2,1-2H3,(H2,14,17)(H,15,18). The van der Waals surface area contributed by atoms with Crippen molar-refractivity contribution in [1.82, 2.24) is 5.32 Å². The van der Waals surface area contributed by atoms with Gasteiger partial charge >= 0.3 is 0 Å². The van der Waals surface area contributed by atoms with Gasteiger partial charge in [-0.2, -0.15) is 0 Å². The molecule has 0 aromatic carbocycles. The zero-order valence-corrected chi connectivity index (χ0v) is 11.8. The van der Waals surface area contributed by atoms with Gasteiger partial charge in [0.25, 0.3) is 11.8 Å². The summed E-state index contributed by atoms with van der Waals surface area (Å²) in [6, 6.07) is 0. The molecule has 1 aliphatic carbocycles. The molecule has 6 nitrogen and oxygen atoms in total. The van der Waals surface area contributed by atoms with E-state index < -0.39 is 5.91 Å². The molecule has 0 spiro atoms. The number of anilines is 2. The van der Waals surface area contributed by atoms with Gasteiger partial charge in [-0.3, -0.25) is 9.59 Å². The quantitative estimate of drug-likeness (QED) is 0.645. The van der Waals surface area contributed by atoms with Crippen LogP contribution in [0.15, 0.2) is 0 Å². The molecule has 0 unspecified atom stereocenters. The van der Waals surface area contributed by atoms with Gasteiger partial charge in [-0.1, -0.05) is 6.92 Å². The molecule has 1 aliphatic rings. The van der Waals surface area contributed by atoms with E-state index in [2.05, 4.69) is 17.6 Å². The highest BCUT2D eigenvalue weighted by Gasteiger charge is 2.37. The van der Waals surface area contributed by atoms with E-state index in [1.807, 2.05) is 0 Å². The number of nitrogens with one attached hydrogen (secondary N) is 2. The van der Waals surface area contributed by atoms with Crippen LogP contribution >= 0.6 is 11.3 Å². The van der Waals surface area contributed by atoms with Crippen LogP contribution in [0.25, 0.3) is 0 Å². The van der Waals surface area contributed by atoms with Crippen LogP contribution in [-0.2, 0) is 0 Å². The first-order valence-corrected chi connectivity index (χ1v) is 6.87. The average Bonchev–Trinajstić information content (AvgIpc) is 2.99. The van der Waals surface area contributed by atoms with Crippen LogP contribution in [0.5, 0.6) is 0 Å². The number of amides is 2. The summed E-state index contributed by atoms with van der Waals surface area (Å²) < 4.78 is 0. The summed E-state index contributed by atoms with van der Waals surface area (Å²) >= 11 is 1.13. The Morgan fingerprint density at radius 2 is 2.05 bits per heavy atom. The Morgan fingerprint density at radius 1 is 1.42 bits per heavy atom. The molecule has 1 saturated carbocycles. The number of hydrogen-bond donors (Lipinski definition) is 4. The maximum atomic E-state index is 11.9. The molecular formula is C12H18N4O2S. The summed E-state index contributed by atoms with van der Waals surface area (Å²) in [6.07, 6.45) is 2.33. The number of carbonyl (C=O) groups is 2. The van der Waals surface area contributed by atoms with Crippen LogP contribution < -0.4 is 22.1 Å². The van der Waals surface area contributed by atoms with Gasteiger partial charge in [-0.05, 0) is 18.3 Å². The largest absolute Gasteiger partial charge is 0.397 e. The molecule has 0 aliphatic heterocycles. The molecule has 2 amide bonds. The summed E-state index contributed by atoms with van der Waals surface area (Å²) in [4.78, 5) is 23.4. The molecule has 7 heteroatoms. The van der Waals surface area contributed by atoms with Gasteiger partial charge in [0.2, 0.25) is 0 Å². The molecule has 6 N–H and O–H groups in total. The minimum Gasteiger partial charge on any atom is -0.397 e. The highest BCUT2D eigenvalue weighted by molar-refractivity contribution is 7.19. The summed E-state index contributed by atoms with van der Waals surface area (Å²) in [5, 5.41) is 6.35. The van der Waals surface area contributed by atoms with Crippen LogP contribution in [0, 0.1) is 5.41 Å². The van der Waals surface area contributed by atoms with Gasteiger partial charge in [-0.15, -0.1) is 11.3 Å². The van der Waals surface area contributed by atoms with Crippen LogP contribution in [0.4, 0.5) is 10.7 Å². The molecule has 104 valence electrons. The summed E-state index contributed by atoms with van der Waals surface area (Å²) in [6.45, 7) is 2.93. The van der Waals surface area contributed by atoms with Crippen molar-refractivity contribution < 1.29 is 9.59 Å². The van der Waals surface area contributed by atoms with Crippen LogP contribution in [0.1, 0.15) is 39.8 Å². The van der Waals surface area contributed by atoms with E-state index in [0.29, 0.717) is 10.6 Å². The van der Waals surface area contributed by atoms with Crippen LogP contribution in [0.2, 0.25) is 0 Å². The van der Waals surface area contributed by atoms with Gasteiger partial charge in [-0.25, -0.2) is 0 Å². The van der Waals surface area contributed by atoms with Crippen LogP contribution in [0.3, 0.4) is 0 Å². The highest BCUT2D eigenvalue weighted by atomic mass is 32.1. The fourth-order valence-electron chi connectivity index (χ4n) is 1.79. The first-order chi connectivity index (χ1) is 8.88. The number of carbonyl (C=O) groups excluding carboxylic acids is 2. The third kappa shape index (κ3) is 2.65. The molecule has 0 atom stereocenters. The lowest BCUT2D eigenvalue weighted by atomic mass is 10.1. The Bertz CT molecular complexity index is 534. The lowest BCUT2D eigenvalue weighted by Gasteiger charge is -2.11. The van der Waals surface area contributed by atoms with Gasteiger partial charge in [0.15, 0.2) is 0 Å². The van der Waals surface area contributed by atoms with E-state index in [1.165, 1.54) is 19.9 Å². The number of primary amides is 1. The number of thiophene rings is 1. The van der Waals surface area contributed by atoms with Crippen molar-refractivity contribution in [3.05, 3.63) is 10.4 Å². The second kappa shape index (κ2) is 4.73. The second-order valence-electron chi connectivity index (χ2n) is 5.16. The first kappa shape index (κ1) is 13.7. The van der Waals surface area contributed by atoms with Gasteiger partial charge in [0, 0.05) is 13.6 Å². The molecule has 1 heterocycles. The fraction of sp³-hybridized carbons (Fsp3) is 0.500. The lowest BCUT2D eigenvalue weighted by Crippen LogP contribution is -2.21. The Labute approximate surface area is 115 Å². The molecule has 0 bridgehead atoms. The third-order valence-corrected chi connectivity index (χ3v) is 4.58. The topological polar surface area (TPSA) is 110 Å². The van der Waals surface area contributed by atoms with Crippen molar-refractivity contribution in [3.63, 3.8) is 0 Å². The number of nitrogen functional groups attached to an aromatic ring is 1. The number of nitrogens with two attached hydrogens (primary N) is 2. The summed E-state index contributed by atoms with van der Waals surface area (Å²) in [5.41, 5.74) is 11.9. The summed E-state index contributed by atoms with van der Waals surface area (Å²) in [5.74, 6) is -0.928. The zero-order valence-electron chi connectivity index (χ0n) is 11.0. The normalized spacial score (nSPS) is 15.9. The molecule has 2 rings (SSSR count). The van der Waals surface area contributed by atoms with E-state index in [9.17, 15) is 9.59 Å². The van der Waals surface area contributed by atoms with Crippen molar-refractivity contribution in [2.75, 3.05) is 24.6 Å². The maximum absolute atomic E-state index is 11.9. The zero-order chi connectivity index (χ0) is 14.2. The number of hydrogen-bond acceptors (Lipinski definition) is 5. The predicted octanol–water partition coefficient (Wildman–Crippen LogP) is 1.00. The number of rotatable bonds is 5. The predicted molar refractivity (Wildman–Crippen MR) is 76.5 cm³/mol. The maximum Gasteiger partial charge on any atom is 0.260 e. The Balaban J connectivity index is 2.31. The van der Waals surface area contributed by atoms with E-state index in [-0.39, 0.29) is 21.9 Å².